The van der Waals surface area contributed by atoms with E-state index < -0.39 is 21.6 Å². The first-order valence-electron chi connectivity index (χ1n) is 5.70. The third kappa shape index (κ3) is 6.02. The van der Waals surface area contributed by atoms with Crippen LogP contribution in [0.5, 0.6) is 0 Å². The van der Waals surface area contributed by atoms with Crippen molar-refractivity contribution in [2.24, 2.45) is 5.41 Å². The highest BCUT2D eigenvalue weighted by atomic mass is 32.2. The van der Waals surface area contributed by atoms with Gasteiger partial charge in [-0.1, -0.05) is 13.8 Å². The minimum atomic E-state index is -3.51. The van der Waals surface area contributed by atoms with Crippen molar-refractivity contribution >= 4 is 16.1 Å². The summed E-state index contributed by atoms with van der Waals surface area (Å²) in [6.07, 6.45) is 1.67. The van der Waals surface area contributed by atoms with Gasteiger partial charge in [-0.05, 0) is 26.7 Å². The van der Waals surface area contributed by atoms with Crippen molar-refractivity contribution < 1.29 is 22.1 Å². The van der Waals surface area contributed by atoms with E-state index in [9.17, 15) is 13.2 Å². The van der Waals surface area contributed by atoms with Gasteiger partial charge >= 0.3 is 5.97 Å². The molecule has 0 spiro atoms. The van der Waals surface area contributed by atoms with E-state index in [1.54, 1.807) is 6.92 Å². The Labute approximate surface area is 104 Å². The lowest BCUT2D eigenvalue weighted by atomic mass is 9.85. The average Bonchev–Trinajstić information content (AvgIpc) is 2.22. The van der Waals surface area contributed by atoms with Crippen molar-refractivity contribution in [1.29, 1.82) is 0 Å². The van der Waals surface area contributed by atoms with Crippen LogP contribution in [0.4, 0.5) is 0 Å². The van der Waals surface area contributed by atoms with E-state index in [2.05, 4.69) is 4.18 Å². The second-order valence-electron chi connectivity index (χ2n) is 4.48. The van der Waals surface area contributed by atoms with Gasteiger partial charge in [-0.2, -0.15) is 8.42 Å². The summed E-state index contributed by atoms with van der Waals surface area (Å²) in [7, 11) is -3.51. The monoisotopic (exact) mass is 266 g/mol. The van der Waals surface area contributed by atoms with E-state index >= 15 is 0 Å². The number of carbonyl (C=O) groups excluding carboxylic acids is 1. The lowest BCUT2D eigenvalue weighted by molar-refractivity contribution is -0.157. The van der Waals surface area contributed by atoms with Crippen LogP contribution in [0.2, 0.25) is 0 Å². The molecule has 0 fully saturated rings. The topological polar surface area (TPSA) is 69.7 Å². The molecule has 0 aromatic carbocycles. The molecule has 0 aromatic rings. The summed E-state index contributed by atoms with van der Waals surface area (Å²) >= 11 is 0. The fraction of sp³-hybridized carbons (Fsp3) is 0.909. The van der Waals surface area contributed by atoms with Crippen LogP contribution in [0.1, 0.15) is 40.5 Å². The lowest BCUT2D eigenvalue weighted by Crippen LogP contribution is -2.31. The van der Waals surface area contributed by atoms with Crippen molar-refractivity contribution in [1.82, 2.24) is 0 Å². The lowest BCUT2D eigenvalue weighted by Gasteiger charge is -2.24. The summed E-state index contributed by atoms with van der Waals surface area (Å²) in [4.78, 5) is 11.8. The zero-order valence-corrected chi connectivity index (χ0v) is 12.0. The Kier molecular flexibility index (Phi) is 6.12. The number of esters is 1. The SMILES string of the molecule is CCC(C)(CC)C(=O)OCC(C)OS(C)(=O)=O. The summed E-state index contributed by atoms with van der Waals surface area (Å²) in [5.41, 5.74) is -0.509. The van der Waals surface area contributed by atoms with E-state index in [0.717, 1.165) is 6.26 Å². The number of rotatable bonds is 7. The molecule has 0 amide bonds. The molecule has 0 aliphatic carbocycles. The minimum Gasteiger partial charge on any atom is -0.462 e. The smallest absolute Gasteiger partial charge is 0.311 e. The maximum Gasteiger partial charge on any atom is 0.311 e. The van der Waals surface area contributed by atoms with Crippen molar-refractivity contribution in [3.8, 4) is 0 Å². The molecule has 0 aliphatic rings. The normalized spacial score (nSPS) is 14.4. The Morgan fingerprint density at radius 3 is 2.12 bits per heavy atom. The van der Waals surface area contributed by atoms with E-state index in [0.29, 0.717) is 12.8 Å². The van der Waals surface area contributed by atoms with Crippen molar-refractivity contribution in [2.45, 2.75) is 46.6 Å². The zero-order valence-electron chi connectivity index (χ0n) is 11.1. The molecule has 102 valence electrons. The molecule has 0 radical (unpaired) electrons. The molecule has 0 aliphatic heterocycles. The first-order valence-corrected chi connectivity index (χ1v) is 7.51. The first kappa shape index (κ1) is 16.4. The van der Waals surface area contributed by atoms with Gasteiger partial charge < -0.3 is 4.74 Å². The Hall–Kier alpha value is -0.620. The Morgan fingerprint density at radius 1 is 1.29 bits per heavy atom. The van der Waals surface area contributed by atoms with Crippen LogP contribution in [0.3, 0.4) is 0 Å². The maximum atomic E-state index is 11.8. The van der Waals surface area contributed by atoms with Gasteiger partial charge in [0.15, 0.2) is 0 Å². The zero-order chi connectivity index (χ0) is 13.7. The quantitative estimate of drug-likeness (QED) is 0.518. The second kappa shape index (κ2) is 6.35. The third-order valence-corrected chi connectivity index (χ3v) is 3.52. The van der Waals surface area contributed by atoms with Crippen LogP contribution < -0.4 is 0 Å². The minimum absolute atomic E-state index is 0.0541. The number of ether oxygens (including phenoxy) is 1. The molecule has 0 N–H and O–H groups in total. The van der Waals surface area contributed by atoms with Gasteiger partial charge in [-0.3, -0.25) is 8.98 Å². The van der Waals surface area contributed by atoms with Gasteiger partial charge in [0, 0.05) is 0 Å². The highest BCUT2D eigenvalue weighted by Crippen LogP contribution is 2.27. The summed E-state index contributed by atoms with van der Waals surface area (Å²) in [6.45, 7) is 7.16. The van der Waals surface area contributed by atoms with E-state index in [1.807, 2.05) is 20.8 Å². The summed E-state index contributed by atoms with van der Waals surface area (Å²) in [5, 5.41) is 0. The van der Waals surface area contributed by atoms with Crippen LogP contribution >= 0.6 is 0 Å². The molecule has 6 heteroatoms. The molecule has 0 bridgehead atoms. The third-order valence-electron chi connectivity index (χ3n) is 2.84. The van der Waals surface area contributed by atoms with Crippen molar-refractivity contribution in [3.05, 3.63) is 0 Å². The number of hydrogen-bond donors (Lipinski definition) is 0. The summed E-state index contributed by atoms with van der Waals surface area (Å²) in [6, 6.07) is 0. The average molecular weight is 266 g/mol. The molecule has 1 unspecified atom stereocenters. The Bertz CT molecular complexity index is 343. The molecule has 5 nitrogen and oxygen atoms in total. The molecular weight excluding hydrogens is 244 g/mol. The van der Waals surface area contributed by atoms with Crippen molar-refractivity contribution in [3.63, 3.8) is 0 Å². The van der Waals surface area contributed by atoms with Crippen molar-refractivity contribution in [2.75, 3.05) is 12.9 Å². The fourth-order valence-corrected chi connectivity index (χ4v) is 1.88. The molecule has 0 saturated heterocycles. The van der Waals surface area contributed by atoms with Gasteiger partial charge in [0.2, 0.25) is 0 Å². The van der Waals surface area contributed by atoms with Gasteiger partial charge in [0.1, 0.15) is 12.7 Å². The van der Waals surface area contributed by atoms with Crippen LogP contribution in [-0.2, 0) is 23.8 Å². The fourth-order valence-electron chi connectivity index (χ4n) is 1.23. The predicted molar refractivity (Wildman–Crippen MR) is 65.0 cm³/mol. The Balaban J connectivity index is 4.25. The van der Waals surface area contributed by atoms with E-state index in [-0.39, 0.29) is 12.6 Å². The molecule has 17 heavy (non-hydrogen) atoms. The highest BCUT2D eigenvalue weighted by Gasteiger charge is 2.31. The van der Waals surface area contributed by atoms with E-state index in [1.165, 1.54) is 0 Å². The Morgan fingerprint density at radius 2 is 1.76 bits per heavy atom. The summed E-state index contributed by atoms with van der Waals surface area (Å²) < 4.78 is 31.4. The van der Waals surface area contributed by atoms with Gasteiger partial charge in [0.25, 0.3) is 10.1 Å². The van der Waals surface area contributed by atoms with Gasteiger partial charge in [0.05, 0.1) is 11.7 Å². The molecule has 0 saturated carbocycles. The number of carbonyl (C=O) groups is 1. The number of hydrogen-bond acceptors (Lipinski definition) is 5. The maximum absolute atomic E-state index is 11.8. The largest absolute Gasteiger partial charge is 0.462 e. The highest BCUT2D eigenvalue weighted by molar-refractivity contribution is 7.86. The van der Waals surface area contributed by atoms with Gasteiger partial charge in [-0.25, -0.2) is 0 Å². The van der Waals surface area contributed by atoms with Gasteiger partial charge in [-0.15, -0.1) is 0 Å². The van der Waals surface area contributed by atoms with Crippen LogP contribution in [-0.4, -0.2) is 33.4 Å². The molecular formula is C11H22O5S. The van der Waals surface area contributed by atoms with Crippen LogP contribution in [0, 0.1) is 5.41 Å². The molecule has 0 aromatic heterocycles. The second-order valence-corrected chi connectivity index (χ2v) is 6.08. The summed E-state index contributed by atoms with van der Waals surface area (Å²) in [5.74, 6) is -0.313. The standard InChI is InChI=1S/C11H22O5S/c1-6-11(4,7-2)10(12)15-8-9(3)16-17(5,13)14/h9H,6-8H2,1-5H3. The molecule has 0 rings (SSSR count). The first-order chi connectivity index (χ1) is 7.64. The predicted octanol–water partition coefficient (Wildman–Crippen LogP) is 1.72. The molecule has 1 atom stereocenters. The van der Waals surface area contributed by atoms with Crippen LogP contribution in [0.25, 0.3) is 0 Å². The van der Waals surface area contributed by atoms with E-state index in [4.69, 9.17) is 4.74 Å². The molecule has 0 heterocycles. The van der Waals surface area contributed by atoms with Crippen LogP contribution in [0.15, 0.2) is 0 Å².